The third-order valence-electron chi connectivity index (χ3n) is 4.85. The van der Waals surface area contributed by atoms with Gasteiger partial charge in [-0.25, -0.2) is 4.98 Å². The van der Waals surface area contributed by atoms with Crippen molar-refractivity contribution in [3.63, 3.8) is 0 Å². The number of aromatic amines is 1. The Morgan fingerprint density at radius 1 is 1.18 bits per heavy atom. The molecule has 1 aromatic carbocycles. The number of hydrogen-bond acceptors (Lipinski definition) is 7. The number of benzene rings is 1. The van der Waals surface area contributed by atoms with E-state index in [0.29, 0.717) is 17.7 Å². The standard InChI is InChI=1S/C20H20N6OS/c27-11-16(12-4-2-1-3-5-12)22-20-21-14-8-9-28-18(14)19(24-20)23-17-10-15(25-26-17)13-6-7-13/h1-5,8-10,13,16,27H,6-7,11H2,(H3,21,22,23,24,25,26)/t16-/m0/s1. The van der Waals surface area contributed by atoms with Gasteiger partial charge >= 0.3 is 0 Å². The second kappa shape index (κ2) is 7.21. The van der Waals surface area contributed by atoms with E-state index in [1.54, 1.807) is 11.3 Å². The van der Waals surface area contributed by atoms with Crippen molar-refractivity contribution >= 4 is 39.1 Å². The molecule has 4 N–H and O–H groups in total. The van der Waals surface area contributed by atoms with Crippen LogP contribution in [0.3, 0.4) is 0 Å². The molecule has 28 heavy (non-hydrogen) atoms. The Morgan fingerprint density at radius 2 is 2.04 bits per heavy atom. The maximum Gasteiger partial charge on any atom is 0.225 e. The molecule has 0 radical (unpaired) electrons. The molecule has 8 heteroatoms. The number of anilines is 3. The Labute approximate surface area is 165 Å². The molecular weight excluding hydrogens is 372 g/mol. The number of fused-ring (bicyclic) bond motifs is 1. The lowest BCUT2D eigenvalue weighted by Crippen LogP contribution is -2.16. The van der Waals surface area contributed by atoms with E-state index in [1.807, 2.05) is 47.8 Å². The van der Waals surface area contributed by atoms with Gasteiger partial charge in [0.2, 0.25) is 5.95 Å². The van der Waals surface area contributed by atoms with E-state index >= 15 is 0 Å². The van der Waals surface area contributed by atoms with Gasteiger partial charge in [0.05, 0.1) is 22.9 Å². The molecule has 1 fully saturated rings. The van der Waals surface area contributed by atoms with Crippen molar-refractivity contribution in [2.75, 3.05) is 17.2 Å². The first kappa shape index (κ1) is 17.2. The summed E-state index contributed by atoms with van der Waals surface area (Å²) in [6, 6.07) is 13.5. The van der Waals surface area contributed by atoms with Crippen LogP contribution in [-0.4, -0.2) is 31.9 Å². The molecule has 1 aliphatic carbocycles. The van der Waals surface area contributed by atoms with Crippen molar-refractivity contribution in [3.8, 4) is 0 Å². The van der Waals surface area contributed by atoms with E-state index in [4.69, 9.17) is 0 Å². The Bertz CT molecular complexity index is 1090. The number of aliphatic hydroxyl groups is 1. The van der Waals surface area contributed by atoms with Crippen LogP contribution in [0, 0.1) is 0 Å². The molecule has 1 aliphatic rings. The van der Waals surface area contributed by atoms with Crippen LogP contribution in [0.25, 0.3) is 10.2 Å². The quantitative estimate of drug-likeness (QED) is 0.377. The molecule has 7 nitrogen and oxygen atoms in total. The molecular formula is C20H20N6OS. The Hall–Kier alpha value is -2.97. The SMILES string of the molecule is OC[C@H](Nc1nc(Nc2cc(C3CC3)[nH]n2)c2sccc2n1)c1ccccc1. The second-order valence-corrected chi connectivity index (χ2v) is 7.84. The van der Waals surface area contributed by atoms with Gasteiger partial charge < -0.3 is 15.7 Å². The molecule has 0 amide bonds. The first-order valence-corrected chi connectivity index (χ1v) is 10.2. The van der Waals surface area contributed by atoms with Crippen LogP contribution in [0.1, 0.15) is 36.1 Å². The molecule has 0 spiro atoms. The number of H-pyrrole nitrogens is 1. The maximum absolute atomic E-state index is 9.83. The van der Waals surface area contributed by atoms with E-state index in [0.717, 1.165) is 21.6 Å². The number of rotatable bonds is 7. The number of hydrogen-bond donors (Lipinski definition) is 4. The number of nitrogens with zero attached hydrogens (tertiary/aromatic N) is 3. The molecule has 3 heterocycles. The van der Waals surface area contributed by atoms with Gasteiger partial charge in [0.25, 0.3) is 0 Å². The Kier molecular flexibility index (Phi) is 4.42. The van der Waals surface area contributed by atoms with Crippen LogP contribution in [-0.2, 0) is 0 Å². The van der Waals surface area contributed by atoms with Crippen LogP contribution < -0.4 is 10.6 Å². The van der Waals surface area contributed by atoms with E-state index in [9.17, 15) is 5.11 Å². The minimum atomic E-state index is -0.281. The molecule has 4 aromatic rings. The molecule has 1 saturated carbocycles. The highest BCUT2D eigenvalue weighted by Crippen LogP contribution is 2.40. The lowest BCUT2D eigenvalue weighted by Gasteiger charge is -2.17. The highest BCUT2D eigenvalue weighted by atomic mass is 32.1. The van der Waals surface area contributed by atoms with Crippen LogP contribution in [0.5, 0.6) is 0 Å². The summed E-state index contributed by atoms with van der Waals surface area (Å²) in [5.74, 6) is 2.54. The van der Waals surface area contributed by atoms with E-state index in [2.05, 4.69) is 30.8 Å². The van der Waals surface area contributed by atoms with Gasteiger partial charge in [-0.05, 0) is 29.9 Å². The van der Waals surface area contributed by atoms with E-state index in [1.165, 1.54) is 18.5 Å². The molecule has 5 rings (SSSR count). The normalized spacial score (nSPS) is 14.9. The second-order valence-electron chi connectivity index (χ2n) is 6.93. The zero-order chi connectivity index (χ0) is 18.9. The van der Waals surface area contributed by atoms with Crippen molar-refractivity contribution in [2.24, 2.45) is 0 Å². The number of aliphatic hydroxyl groups excluding tert-OH is 1. The average molecular weight is 392 g/mol. The first-order chi connectivity index (χ1) is 13.8. The topological polar surface area (TPSA) is 98.8 Å². The van der Waals surface area contributed by atoms with Gasteiger partial charge in [0, 0.05) is 17.7 Å². The third kappa shape index (κ3) is 3.44. The lowest BCUT2D eigenvalue weighted by atomic mass is 10.1. The summed E-state index contributed by atoms with van der Waals surface area (Å²) >= 11 is 1.59. The van der Waals surface area contributed by atoms with Crippen LogP contribution in [0.4, 0.5) is 17.6 Å². The zero-order valence-electron chi connectivity index (χ0n) is 15.1. The van der Waals surface area contributed by atoms with Gasteiger partial charge in [0.15, 0.2) is 11.6 Å². The largest absolute Gasteiger partial charge is 0.394 e. The molecule has 0 aliphatic heterocycles. The lowest BCUT2D eigenvalue weighted by molar-refractivity contribution is 0.276. The zero-order valence-corrected chi connectivity index (χ0v) is 15.9. The minimum absolute atomic E-state index is 0.0536. The highest BCUT2D eigenvalue weighted by molar-refractivity contribution is 7.17. The van der Waals surface area contributed by atoms with E-state index < -0.39 is 0 Å². The van der Waals surface area contributed by atoms with Crippen molar-refractivity contribution in [1.29, 1.82) is 0 Å². The third-order valence-corrected chi connectivity index (χ3v) is 5.76. The summed E-state index contributed by atoms with van der Waals surface area (Å²) in [4.78, 5) is 9.27. The summed E-state index contributed by atoms with van der Waals surface area (Å²) in [6.45, 7) is -0.0536. The van der Waals surface area contributed by atoms with Crippen LogP contribution in [0.2, 0.25) is 0 Å². The van der Waals surface area contributed by atoms with Crippen LogP contribution >= 0.6 is 11.3 Å². The maximum atomic E-state index is 9.83. The summed E-state index contributed by atoms with van der Waals surface area (Å²) in [5, 5.41) is 25.9. The monoisotopic (exact) mass is 392 g/mol. The van der Waals surface area contributed by atoms with Gasteiger partial charge in [-0.2, -0.15) is 10.1 Å². The minimum Gasteiger partial charge on any atom is -0.394 e. The number of thiophene rings is 1. The average Bonchev–Trinajstić information content (AvgIpc) is 3.28. The summed E-state index contributed by atoms with van der Waals surface area (Å²) in [6.07, 6.45) is 2.45. The first-order valence-electron chi connectivity index (χ1n) is 9.30. The summed E-state index contributed by atoms with van der Waals surface area (Å²) < 4.78 is 0.974. The van der Waals surface area contributed by atoms with Crippen molar-refractivity contribution < 1.29 is 5.11 Å². The van der Waals surface area contributed by atoms with Gasteiger partial charge in [-0.3, -0.25) is 5.10 Å². The van der Waals surface area contributed by atoms with Gasteiger partial charge in [-0.15, -0.1) is 11.3 Å². The molecule has 142 valence electrons. The van der Waals surface area contributed by atoms with Crippen molar-refractivity contribution in [3.05, 3.63) is 59.1 Å². The van der Waals surface area contributed by atoms with Gasteiger partial charge in [0.1, 0.15) is 0 Å². The smallest absolute Gasteiger partial charge is 0.225 e. The van der Waals surface area contributed by atoms with Crippen molar-refractivity contribution in [2.45, 2.75) is 24.8 Å². The molecule has 0 saturated heterocycles. The van der Waals surface area contributed by atoms with Crippen LogP contribution in [0.15, 0.2) is 47.8 Å². The Morgan fingerprint density at radius 3 is 2.82 bits per heavy atom. The predicted octanol–water partition coefficient (Wildman–Crippen LogP) is 4.18. The summed E-state index contributed by atoms with van der Waals surface area (Å²) in [5.41, 5.74) is 3.00. The molecule has 0 unspecified atom stereocenters. The van der Waals surface area contributed by atoms with Crippen molar-refractivity contribution in [1.82, 2.24) is 20.2 Å². The summed E-state index contributed by atoms with van der Waals surface area (Å²) in [7, 11) is 0. The number of aromatic nitrogens is 4. The fourth-order valence-corrected chi connectivity index (χ4v) is 3.99. The molecule has 1 atom stereocenters. The Balaban J connectivity index is 1.44. The molecule has 3 aromatic heterocycles. The predicted molar refractivity (Wildman–Crippen MR) is 111 cm³/mol. The van der Waals surface area contributed by atoms with E-state index in [-0.39, 0.29) is 12.6 Å². The van der Waals surface area contributed by atoms with Gasteiger partial charge in [-0.1, -0.05) is 30.3 Å². The fourth-order valence-electron chi connectivity index (χ4n) is 3.21. The fraction of sp³-hybridized carbons (Fsp3) is 0.250. The molecule has 0 bridgehead atoms. The number of nitrogens with one attached hydrogen (secondary N) is 3. The highest BCUT2D eigenvalue weighted by Gasteiger charge is 2.25.